The van der Waals surface area contributed by atoms with Gasteiger partial charge in [-0.05, 0) is 91.4 Å². The van der Waals surface area contributed by atoms with Crippen LogP contribution in [-0.4, -0.2) is 50.7 Å². The van der Waals surface area contributed by atoms with E-state index in [0.29, 0.717) is 28.5 Å². The molecular weight excluding hydrogens is 660 g/mol. The molecule has 3 amide bonds. The van der Waals surface area contributed by atoms with Gasteiger partial charge >= 0.3 is 12.0 Å². The second-order valence-electron chi connectivity index (χ2n) is 12.2. The molecule has 0 radical (unpaired) electrons. The Morgan fingerprint density at radius 2 is 1.54 bits per heavy atom. The molecule has 5 rings (SSSR count). The summed E-state index contributed by atoms with van der Waals surface area (Å²) in [5, 5.41) is 13.9. The molecule has 1 aliphatic carbocycles. The number of alkyl halides is 1. The fourth-order valence-electron chi connectivity index (χ4n) is 6.10. The summed E-state index contributed by atoms with van der Waals surface area (Å²) < 4.78 is 42.1. The van der Waals surface area contributed by atoms with Crippen LogP contribution in [0.4, 0.5) is 26.2 Å². The molecule has 12 heteroatoms. The number of amides is 3. The number of para-hydroxylation sites is 1. The molecule has 0 aromatic heterocycles. The molecule has 3 N–H and O–H groups in total. The van der Waals surface area contributed by atoms with Crippen LogP contribution in [0.2, 0.25) is 0 Å². The lowest BCUT2D eigenvalue weighted by Gasteiger charge is -2.26. The number of anilines is 3. The maximum Gasteiger partial charge on any atom is 0.340 e. The molecule has 0 spiro atoms. The fourth-order valence-corrected chi connectivity index (χ4v) is 7.62. The average Bonchev–Trinajstić information content (AvgIpc) is 3.14. The van der Waals surface area contributed by atoms with Crippen molar-refractivity contribution in [1.82, 2.24) is 5.32 Å². The van der Waals surface area contributed by atoms with Gasteiger partial charge in [-0.3, -0.25) is 14.0 Å². The van der Waals surface area contributed by atoms with Crippen molar-refractivity contribution in [3.8, 4) is 0 Å². The van der Waals surface area contributed by atoms with Crippen molar-refractivity contribution >= 4 is 45.0 Å². The van der Waals surface area contributed by atoms with Gasteiger partial charge in [0.05, 0.1) is 23.7 Å². The lowest BCUT2D eigenvalue weighted by Crippen LogP contribution is -2.35. The van der Waals surface area contributed by atoms with E-state index in [4.69, 9.17) is 5.11 Å². The lowest BCUT2D eigenvalue weighted by molar-refractivity contribution is -0.142. The summed E-state index contributed by atoms with van der Waals surface area (Å²) in [5.74, 6) is -1.81. The predicted octanol–water partition coefficient (Wildman–Crippen LogP) is 7.34. The van der Waals surface area contributed by atoms with Gasteiger partial charge in [0.1, 0.15) is 0 Å². The number of nitrogens with one attached hydrogen (secondary N) is 2. The zero-order valence-corrected chi connectivity index (χ0v) is 28.6. The van der Waals surface area contributed by atoms with E-state index in [-0.39, 0.29) is 23.5 Å². The summed E-state index contributed by atoms with van der Waals surface area (Å²) in [6, 6.07) is 28.7. The van der Waals surface area contributed by atoms with Gasteiger partial charge in [0, 0.05) is 23.5 Å². The van der Waals surface area contributed by atoms with Crippen LogP contribution in [0, 0.1) is 0 Å². The van der Waals surface area contributed by atoms with Crippen LogP contribution in [0.25, 0.3) is 0 Å². The fraction of sp³-hybridized carbons (Fsp3) is 0.289. The van der Waals surface area contributed by atoms with E-state index < -0.39 is 40.6 Å². The number of urea groups is 1. The van der Waals surface area contributed by atoms with Crippen LogP contribution < -0.4 is 19.8 Å². The van der Waals surface area contributed by atoms with Gasteiger partial charge in [-0.25, -0.2) is 22.4 Å². The minimum Gasteiger partial charge on any atom is -0.479 e. The zero-order valence-electron chi connectivity index (χ0n) is 27.8. The van der Waals surface area contributed by atoms with Gasteiger partial charge in [-0.2, -0.15) is 0 Å². The first-order valence-corrected chi connectivity index (χ1v) is 18.1. The average molecular weight is 701 g/mol. The van der Waals surface area contributed by atoms with E-state index in [1.54, 1.807) is 55.5 Å². The number of carbonyl (C=O) groups excluding carboxylic acids is 2. The predicted molar refractivity (Wildman–Crippen MR) is 192 cm³/mol. The summed E-state index contributed by atoms with van der Waals surface area (Å²) in [5.41, 5.74) is 3.55. The van der Waals surface area contributed by atoms with Gasteiger partial charge in [0.25, 0.3) is 15.9 Å². The smallest absolute Gasteiger partial charge is 0.340 e. The standard InChI is InChI=1S/C38H41FN4O6S/c1-2-43(33-13-7-4-8-14-33)50(48,49)34-15-9-12-31(24-34)41-38(47)42(32-22-20-29(21-23-32)28-10-5-3-6-11-28)26-27-16-18-30(19-17-27)36(44)40-25-35(39)37(45)46/h4,7-9,12-24,28,35H,2-3,5-6,10-11,25-26H2,1H3,(H,40,44)(H,41,47)(H,45,46). The van der Waals surface area contributed by atoms with Crippen LogP contribution in [0.5, 0.6) is 0 Å². The van der Waals surface area contributed by atoms with E-state index in [1.165, 1.54) is 58.3 Å². The van der Waals surface area contributed by atoms with E-state index in [1.807, 2.05) is 30.3 Å². The number of hydrogen-bond acceptors (Lipinski definition) is 5. The highest BCUT2D eigenvalue weighted by molar-refractivity contribution is 7.92. The topological polar surface area (TPSA) is 136 Å². The van der Waals surface area contributed by atoms with Gasteiger partial charge in [-0.15, -0.1) is 0 Å². The highest BCUT2D eigenvalue weighted by atomic mass is 32.2. The molecule has 0 saturated heterocycles. The molecule has 0 aliphatic heterocycles. The van der Waals surface area contributed by atoms with Gasteiger partial charge in [0.2, 0.25) is 6.17 Å². The molecule has 1 atom stereocenters. The Bertz CT molecular complexity index is 1880. The summed E-state index contributed by atoms with van der Waals surface area (Å²) in [6.45, 7) is 1.42. The number of carbonyl (C=O) groups is 3. The summed E-state index contributed by atoms with van der Waals surface area (Å²) in [4.78, 5) is 38.7. The minimum atomic E-state index is -3.94. The molecule has 1 saturated carbocycles. The number of aliphatic carboxylic acids is 1. The summed E-state index contributed by atoms with van der Waals surface area (Å²) in [6.07, 6.45) is 3.67. The van der Waals surface area contributed by atoms with Crippen LogP contribution >= 0.6 is 0 Å². The van der Waals surface area contributed by atoms with Gasteiger partial charge < -0.3 is 15.7 Å². The monoisotopic (exact) mass is 700 g/mol. The zero-order chi connectivity index (χ0) is 35.7. The number of hydrogen-bond donors (Lipinski definition) is 3. The molecule has 0 heterocycles. The highest BCUT2D eigenvalue weighted by Crippen LogP contribution is 2.34. The number of carboxylic acids is 1. The van der Waals surface area contributed by atoms with Crippen LogP contribution in [-0.2, 0) is 21.4 Å². The maximum atomic E-state index is 14.0. The first-order valence-electron chi connectivity index (χ1n) is 16.7. The van der Waals surface area contributed by atoms with Crippen molar-refractivity contribution < 1.29 is 32.3 Å². The van der Waals surface area contributed by atoms with Crippen molar-refractivity contribution in [1.29, 1.82) is 0 Å². The van der Waals surface area contributed by atoms with E-state index >= 15 is 0 Å². The number of rotatable bonds is 13. The Morgan fingerprint density at radius 3 is 2.18 bits per heavy atom. The van der Waals surface area contributed by atoms with E-state index in [2.05, 4.69) is 10.6 Å². The molecule has 1 unspecified atom stereocenters. The number of carboxylic acid groups (broad SMARTS) is 1. The molecule has 10 nitrogen and oxygen atoms in total. The number of nitrogens with zero attached hydrogens (tertiary/aromatic N) is 2. The highest BCUT2D eigenvalue weighted by Gasteiger charge is 2.25. The molecule has 0 bridgehead atoms. The van der Waals surface area contributed by atoms with Crippen LogP contribution in [0.15, 0.2) is 108 Å². The third-order valence-corrected chi connectivity index (χ3v) is 10.7. The van der Waals surface area contributed by atoms with E-state index in [0.717, 1.165) is 12.8 Å². The van der Waals surface area contributed by atoms with Crippen LogP contribution in [0.3, 0.4) is 0 Å². The van der Waals surface area contributed by atoms with Gasteiger partial charge in [-0.1, -0.05) is 67.8 Å². The van der Waals surface area contributed by atoms with Crippen molar-refractivity contribution in [3.05, 3.63) is 120 Å². The molecule has 262 valence electrons. The number of halogens is 1. The Morgan fingerprint density at radius 1 is 0.860 bits per heavy atom. The largest absolute Gasteiger partial charge is 0.479 e. The van der Waals surface area contributed by atoms with Crippen LogP contribution in [0.1, 0.15) is 66.4 Å². The van der Waals surface area contributed by atoms with Gasteiger partial charge in [0.15, 0.2) is 0 Å². The Hall–Kier alpha value is -5.23. The van der Waals surface area contributed by atoms with Crippen molar-refractivity contribution in [2.24, 2.45) is 0 Å². The Kier molecular flexibility index (Phi) is 11.9. The second kappa shape index (κ2) is 16.4. The SMILES string of the molecule is CCN(c1ccccc1)S(=O)(=O)c1cccc(NC(=O)N(Cc2ccc(C(=O)NCC(F)C(=O)O)cc2)c2ccc(C3CCCCC3)cc2)c1. The van der Waals surface area contributed by atoms with Crippen molar-refractivity contribution in [2.45, 2.75) is 62.6 Å². The number of benzene rings is 4. The van der Waals surface area contributed by atoms with Crippen molar-refractivity contribution in [3.63, 3.8) is 0 Å². The second-order valence-corrected chi connectivity index (χ2v) is 14.1. The van der Waals surface area contributed by atoms with Crippen molar-refractivity contribution in [2.75, 3.05) is 27.6 Å². The maximum absolute atomic E-state index is 14.0. The normalized spacial score (nSPS) is 14.0. The van der Waals surface area contributed by atoms with E-state index in [9.17, 15) is 27.2 Å². The molecule has 1 aliphatic rings. The first kappa shape index (κ1) is 36.1. The third kappa shape index (κ3) is 8.86. The number of sulfonamides is 1. The molecule has 50 heavy (non-hydrogen) atoms. The quantitative estimate of drug-likeness (QED) is 0.134. The Labute approximate surface area is 292 Å². The summed E-state index contributed by atoms with van der Waals surface area (Å²) in [7, 11) is -3.94. The molecular formula is C38H41FN4O6S. The molecule has 4 aromatic carbocycles. The molecule has 1 fully saturated rings. The summed E-state index contributed by atoms with van der Waals surface area (Å²) >= 11 is 0. The lowest BCUT2D eigenvalue weighted by atomic mass is 9.84. The third-order valence-electron chi connectivity index (χ3n) is 8.80. The first-order chi connectivity index (χ1) is 24.1. The minimum absolute atomic E-state index is 0.0284. The Balaban J connectivity index is 1.38. The molecule has 4 aromatic rings.